The first-order valence-corrected chi connectivity index (χ1v) is 6.78. The summed E-state index contributed by atoms with van der Waals surface area (Å²) in [5, 5.41) is 0. The van der Waals surface area contributed by atoms with Gasteiger partial charge in [-0.1, -0.05) is 37.3 Å². The normalized spacial score (nSPS) is 23.0. The predicted octanol–water partition coefficient (Wildman–Crippen LogP) is 5.01. The zero-order chi connectivity index (χ0) is 13.0. The average Bonchev–Trinajstić information content (AvgIpc) is 2.38. The first-order chi connectivity index (χ1) is 8.70. The van der Waals surface area contributed by atoms with E-state index in [0.717, 1.165) is 30.4 Å². The molecule has 96 valence electrons. The van der Waals surface area contributed by atoms with Crippen LogP contribution >= 0.6 is 0 Å². The van der Waals surface area contributed by atoms with Crippen LogP contribution in [0.15, 0.2) is 43.0 Å². The van der Waals surface area contributed by atoms with Crippen molar-refractivity contribution >= 4 is 0 Å². The summed E-state index contributed by atoms with van der Waals surface area (Å²) in [7, 11) is 0. The largest absolute Gasteiger partial charge is 0.207 e. The molecular formula is C17H21F. The highest BCUT2D eigenvalue weighted by Gasteiger charge is 2.15. The Labute approximate surface area is 109 Å². The quantitative estimate of drug-likeness (QED) is 0.653. The Kier molecular flexibility index (Phi) is 4.35. The first kappa shape index (κ1) is 13.1. The fourth-order valence-electron chi connectivity index (χ4n) is 2.49. The number of rotatable bonds is 4. The van der Waals surface area contributed by atoms with Crippen LogP contribution in [-0.2, 0) is 6.42 Å². The highest BCUT2D eigenvalue weighted by atomic mass is 19.1. The van der Waals surface area contributed by atoms with Crippen molar-refractivity contribution in [3.8, 4) is 0 Å². The highest BCUT2D eigenvalue weighted by molar-refractivity contribution is 5.30. The molecule has 0 amide bonds. The molecule has 2 unspecified atom stereocenters. The van der Waals surface area contributed by atoms with E-state index < -0.39 is 0 Å². The summed E-state index contributed by atoms with van der Waals surface area (Å²) in [4.78, 5) is 0. The summed E-state index contributed by atoms with van der Waals surface area (Å²) in [6, 6.07) is 5.72. The van der Waals surface area contributed by atoms with Gasteiger partial charge in [0.2, 0.25) is 0 Å². The lowest BCUT2D eigenvalue weighted by Gasteiger charge is -2.21. The molecule has 0 bridgehead atoms. The van der Waals surface area contributed by atoms with Crippen LogP contribution in [0.4, 0.5) is 4.39 Å². The maximum atomic E-state index is 13.9. The molecule has 0 heterocycles. The number of hydrogen-bond acceptors (Lipinski definition) is 0. The molecule has 1 aromatic rings. The number of allylic oxidation sites excluding steroid dienone is 3. The Morgan fingerprint density at radius 1 is 1.33 bits per heavy atom. The number of halogens is 1. The molecule has 2 rings (SSSR count). The van der Waals surface area contributed by atoms with Gasteiger partial charge >= 0.3 is 0 Å². The molecule has 0 aliphatic heterocycles. The third-order valence-electron chi connectivity index (χ3n) is 3.73. The Morgan fingerprint density at radius 2 is 2.17 bits per heavy atom. The van der Waals surface area contributed by atoms with Gasteiger partial charge in [-0.2, -0.15) is 0 Å². The van der Waals surface area contributed by atoms with Crippen LogP contribution in [0.25, 0.3) is 0 Å². The van der Waals surface area contributed by atoms with Crippen molar-refractivity contribution < 1.29 is 4.39 Å². The summed E-state index contributed by atoms with van der Waals surface area (Å²) in [6.45, 7) is 5.90. The Morgan fingerprint density at radius 3 is 2.78 bits per heavy atom. The van der Waals surface area contributed by atoms with E-state index >= 15 is 0 Å². The third-order valence-corrected chi connectivity index (χ3v) is 3.73. The predicted molar refractivity (Wildman–Crippen MR) is 75.2 cm³/mol. The topological polar surface area (TPSA) is 0 Å². The monoisotopic (exact) mass is 244 g/mol. The van der Waals surface area contributed by atoms with E-state index in [-0.39, 0.29) is 5.82 Å². The van der Waals surface area contributed by atoms with Crippen LogP contribution in [0, 0.1) is 11.7 Å². The molecule has 0 aromatic heterocycles. The van der Waals surface area contributed by atoms with Crippen molar-refractivity contribution in [2.45, 2.75) is 38.5 Å². The van der Waals surface area contributed by atoms with E-state index in [1.165, 1.54) is 6.42 Å². The Balaban J connectivity index is 2.13. The number of aryl methyl sites for hydroxylation is 1. The number of hydrogen-bond donors (Lipinski definition) is 0. The van der Waals surface area contributed by atoms with Crippen LogP contribution in [0.3, 0.4) is 0 Å². The minimum Gasteiger partial charge on any atom is -0.207 e. The van der Waals surface area contributed by atoms with Gasteiger partial charge in [-0.05, 0) is 48.8 Å². The fourth-order valence-corrected chi connectivity index (χ4v) is 2.49. The Bertz CT molecular complexity index is 445. The van der Waals surface area contributed by atoms with Gasteiger partial charge in [0.1, 0.15) is 5.82 Å². The summed E-state index contributed by atoms with van der Waals surface area (Å²) in [5.74, 6) is 0.989. The van der Waals surface area contributed by atoms with Crippen molar-refractivity contribution in [3.05, 3.63) is 60.0 Å². The maximum Gasteiger partial charge on any atom is 0.126 e. The third kappa shape index (κ3) is 3.10. The number of benzene rings is 1. The second-order valence-electron chi connectivity index (χ2n) is 5.22. The molecule has 1 aliphatic carbocycles. The molecule has 2 atom stereocenters. The van der Waals surface area contributed by atoms with Crippen molar-refractivity contribution in [3.63, 3.8) is 0 Å². The molecular weight excluding hydrogens is 223 g/mol. The summed E-state index contributed by atoms with van der Waals surface area (Å²) in [6.07, 6.45) is 10.2. The van der Waals surface area contributed by atoms with Gasteiger partial charge in [0.05, 0.1) is 0 Å². The van der Waals surface area contributed by atoms with Crippen molar-refractivity contribution in [2.75, 3.05) is 0 Å². The molecule has 0 saturated carbocycles. The van der Waals surface area contributed by atoms with Crippen LogP contribution in [0.2, 0.25) is 0 Å². The molecule has 1 aromatic carbocycles. The Hall–Kier alpha value is -1.37. The smallest absolute Gasteiger partial charge is 0.126 e. The fraction of sp³-hybridized carbons (Fsp3) is 0.412. The molecule has 0 N–H and O–H groups in total. The molecule has 1 heteroatoms. The van der Waals surface area contributed by atoms with Crippen LogP contribution in [0.5, 0.6) is 0 Å². The molecule has 1 aliphatic rings. The van der Waals surface area contributed by atoms with Crippen molar-refractivity contribution in [1.29, 1.82) is 0 Å². The lowest BCUT2D eigenvalue weighted by Crippen LogP contribution is -2.05. The molecule has 0 radical (unpaired) electrons. The van der Waals surface area contributed by atoms with E-state index in [4.69, 9.17) is 0 Å². The molecule has 18 heavy (non-hydrogen) atoms. The minimum atomic E-state index is -0.0682. The van der Waals surface area contributed by atoms with E-state index in [2.05, 4.69) is 31.7 Å². The lowest BCUT2D eigenvalue weighted by molar-refractivity contribution is 0.541. The van der Waals surface area contributed by atoms with Gasteiger partial charge < -0.3 is 0 Å². The first-order valence-electron chi connectivity index (χ1n) is 6.78. The SMILES string of the molecule is C=CCCc1ccc(C2C=CC(C)CC2)cc1F. The van der Waals surface area contributed by atoms with Gasteiger partial charge in [0.15, 0.2) is 0 Å². The van der Waals surface area contributed by atoms with Gasteiger partial charge in [0.25, 0.3) is 0 Å². The molecule has 0 nitrogen and oxygen atoms in total. The lowest BCUT2D eigenvalue weighted by atomic mass is 9.85. The van der Waals surface area contributed by atoms with E-state index in [9.17, 15) is 4.39 Å². The highest BCUT2D eigenvalue weighted by Crippen LogP contribution is 2.31. The average molecular weight is 244 g/mol. The van der Waals surface area contributed by atoms with Gasteiger partial charge in [0, 0.05) is 5.92 Å². The van der Waals surface area contributed by atoms with E-state index in [1.54, 1.807) is 6.07 Å². The van der Waals surface area contributed by atoms with Crippen LogP contribution in [-0.4, -0.2) is 0 Å². The standard InChI is InChI=1S/C17H21F/c1-3-4-5-15-10-11-16(12-17(15)18)14-8-6-13(2)7-9-14/h3,6,8,10-14H,1,4-5,7,9H2,2H3. The van der Waals surface area contributed by atoms with Crippen molar-refractivity contribution in [2.24, 2.45) is 5.92 Å². The summed E-state index contributed by atoms with van der Waals surface area (Å²) < 4.78 is 13.9. The second kappa shape index (κ2) is 5.99. The summed E-state index contributed by atoms with van der Waals surface area (Å²) in [5.41, 5.74) is 1.91. The van der Waals surface area contributed by atoms with Gasteiger partial charge in [-0.25, -0.2) is 4.39 Å². The minimum absolute atomic E-state index is 0.0682. The molecule has 0 spiro atoms. The molecule has 0 fully saturated rings. The zero-order valence-electron chi connectivity index (χ0n) is 11.0. The van der Waals surface area contributed by atoms with Crippen molar-refractivity contribution in [1.82, 2.24) is 0 Å². The van der Waals surface area contributed by atoms with Crippen LogP contribution in [0.1, 0.15) is 43.2 Å². The maximum absolute atomic E-state index is 13.9. The second-order valence-corrected chi connectivity index (χ2v) is 5.22. The van der Waals surface area contributed by atoms with Gasteiger partial charge in [-0.3, -0.25) is 0 Å². The van der Waals surface area contributed by atoms with Crippen LogP contribution < -0.4 is 0 Å². The summed E-state index contributed by atoms with van der Waals surface area (Å²) >= 11 is 0. The van der Waals surface area contributed by atoms with E-state index in [0.29, 0.717) is 11.8 Å². The van der Waals surface area contributed by atoms with E-state index in [1.807, 2.05) is 12.1 Å². The zero-order valence-corrected chi connectivity index (χ0v) is 11.0. The molecule has 0 saturated heterocycles. The van der Waals surface area contributed by atoms with Gasteiger partial charge in [-0.15, -0.1) is 6.58 Å².